The van der Waals surface area contributed by atoms with E-state index in [-0.39, 0.29) is 0 Å². The second-order valence-corrected chi connectivity index (χ2v) is 16.5. The third-order valence-electron chi connectivity index (χ3n) is 8.12. The van der Waals surface area contributed by atoms with E-state index in [1.807, 2.05) is 72.8 Å². The SMILES string of the molecule is CC(NC(=O)c1ccc2c(-c3ccc(C(F)(F)F)cc3)cccc2c1)[C@H](F)O[Si](c1ccccc1)(c1ccccc1)C(C)(C)C. The van der Waals surface area contributed by atoms with Crippen LogP contribution in [0.1, 0.15) is 43.6 Å². The molecule has 0 spiro atoms. The lowest BCUT2D eigenvalue weighted by Crippen LogP contribution is -2.68. The van der Waals surface area contributed by atoms with Crippen LogP contribution in [-0.2, 0) is 10.6 Å². The van der Waals surface area contributed by atoms with E-state index >= 15 is 4.39 Å². The normalized spacial score (nSPS) is 13.8. The van der Waals surface area contributed by atoms with Crippen LogP contribution >= 0.6 is 0 Å². The molecule has 1 unspecified atom stereocenters. The molecule has 5 aromatic carbocycles. The van der Waals surface area contributed by atoms with Crippen molar-refractivity contribution in [2.24, 2.45) is 0 Å². The Bertz CT molecular complexity index is 1730. The van der Waals surface area contributed by atoms with Crippen LogP contribution in [0.5, 0.6) is 0 Å². The molecule has 0 aliphatic carbocycles. The summed E-state index contributed by atoms with van der Waals surface area (Å²) in [7, 11) is -3.18. The summed E-state index contributed by atoms with van der Waals surface area (Å²) in [6.07, 6.45) is -6.22. The van der Waals surface area contributed by atoms with Crippen molar-refractivity contribution in [2.75, 3.05) is 0 Å². The topological polar surface area (TPSA) is 38.3 Å². The summed E-state index contributed by atoms with van der Waals surface area (Å²) >= 11 is 0. The van der Waals surface area contributed by atoms with E-state index in [1.165, 1.54) is 12.1 Å². The number of hydrogen-bond donors (Lipinski definition) is 1. The van der Waals surface area contributed by atoms with Gasteiger partial charge in [-0.05, 0) is 68.5 Å². The molecule has 0 bridgehead atoms. The molecule has 45 heavy (non-hydrogen) atoms. The smallest absolute Gasteiger partial charge is 0.377 e. The fourth-order valence-corrected chi connectivity index (χ4v) is 10.4. The number of carbonyl (C=O) groups excluding carboxylic acids is 1. The molecule has 1 amide bonds. The molecule has 0 saturated heterocycles. The standard InChI is InChI=1S/C37H35F4NO2Si/c1-25(34(38)44-45(36(2,3)4,30-13-7-5-8-14-30)31-15-9-6-10-16-31)42-35(43)28-20-23-33-27(24-28)12-11-17-32(33)26-18-21-29(22-19-26)37(39,40)41/h5-25,34H,1-4H3,(H,42,43)/t25?,34-/m1/s1. The third kappa shape index (κ3) is 6.58. The van der Waals surface area contributed by atoms with Crippen LogP contribution < -0.4 is 15.7 Å². The number of benzene rings is 5. The summed E-state index contributed by atoms with van der Waals surface area (Å²) in [6.45, 7) is 7.76. The van der Waals surface area contributed by atoms with Crippen molar-refractivity contribution in [1.29, 1.82) is 0 Å². The largest absolute Gasteiger partial charge is 0.416 e. The first-order chi connectivity index (χ1) is 21.3. The van der Waals surface area contributed by atoms with Crippen molar-refractivity contribution in [3.63, 3.8) is 0 Å². The zero-order valence-electron chi connectivity index (χ0n) is 25.5. The van der Waals surface area contributed by atoms with Crippen LogP contribution in [0.3, 0.4) is 0 Å². The van der Waals surface area contributed by atoms with Gasteiger partial charge in [0.2, 0.25) is 6.36 Å². The summed E-state index contributed by atoms with van der Waals surface area (Å²) in [6, 6.07) is 34.0. The van der Waals surface area contributed by atoms with Gasteiger partial charge in [-0.3, -0.25) is 4.79 Å². The Kier molecular flexibility index (Phi) is 9.01. The number of hydrogen-bond acceptors (Lipinski definition) is 2. The molecule has 0 aromatic heterocycles. The van der Waals surface area contributed by atoms with Gasteiger partial charge in [0.25, 0.3) is 14.2 Å². The summed E-state index contributed by atoms with van der Waals surface area (Å²) in [5.74, 6) is -0.460. The number of alkyl halides is 4. The fourth-order valence-electron chi connectivity index (χ4n) is 5.83. The molecule has 0 saturated carbocycles. The van der Waals surface area contributed by atoms with Crippen LogP contribution in [0.15, 0.2) is 121 Å². The molecule has 0 aliphatic rings. The average molecular weight is 630 g/mol. The van der Waals surface area contributed by atoms with Crippen molar-refractivity contribution < 1.29 is 26.8 Å². The van der Waals surface area contributed by atoms with Crippen LogP contribution in [0.25, 0.3) is 21.9 Å². The van der Waals surface area contributed by atoms with E-state index in [1.54, 1.807) is 31.2 Å². The summed E-state index contributed by atoms with van der Waals surface area (Å²) < 4.78 is 61.9. The number of amides is 1. The van der Waals surface area contributed by atoms with E-state index in [0.717, 1.165) is 38.8 Å². The third-order valence-corrected chi connectivity index (χ3v) is 13.1. The van der Waals surface area contributed by atoms with E-state index in [2.05, 4.69) is 26.1 Å². The maximum absolute atomic E-state index is 16.2. The lowest BCUT2D eigenvalue weighted by molar-refractivity contribution is -0.137. The van der Waals surface area contributed by atoms with E-state index in [4.69, 9.17) is 4.43 Å². The van der Waals surface area contributed by atoms with Gasteiger partial charge in [-0.1, -0.05) is 118 Å². The molecule has 5 rings (SSSR count). The highest BCUT2D eigenvalue weighted by molar-refractivity contribution is 6.99. The Morgan fingerprint density at radius 1 is 0.756 bits per heavy atom. The molecule has 3 nitrogen and oxygen atoms in total. The molecule has 0 heterocycles. The van der Waals surface area contributed by atoms with Gasteiger partial charge < -0.3 is 9.74 Å². The van der Waals surface area contributed by atoms with Crippen LogP contribution in [0, 0.1) is 0 Å². The summed E-state index contributed by atoms with van der Waals surface area (Å²) in [5.41, 5.74) is 0.977. The molecular weight excluding hydrogens is 594 g/mol. The van der Waals surface area contributed by atoms with Crippen molar-refractivity contribution in [3.8, 4) is 11.1 Å². The minimum Gasteiger partial charge on any atom is -0.377 e. The second kappa shape index (κ2) is 12.6. The Morgan fingerprint density at radius 2 is 1.33 bits per heavy atom. The van der Waals surface area contributed by atoms with Gasteiger partial charge in [-0.25, -0.2) is 4.39 Å². The Hall–Kier alpha value is -4.27. The van der Waals surface area contributed by atoms with E-state index in [9.17, 15) is 18.0 Å². The highest BCUT2D eigenvalue weighted by Crippen LogP contribution is 2.38. The molecule has 0 fully saturated rings. The van der Waals surface area contributed by atoms with Crippen LogP contribution in [0.2, 0.25) is 5.04 Å². The molecular formula is C37H35F4NO2Si. The van der Waals surface area contributed by atoms with Crippen LogP contribution in [0.4, 0.5) is 17.6 Å². The minimum atomic E-state index is -4.42. The van der Waals surface area contributed by atoms with Gasteiger partial charge in [-0.15, -0.1) is 0 Å². The lowest BCUT2D eigenvalue weighted by atomic mass is 9.96. The molecule has 0 radical (unpaired) electrons. The number of rotatable bonds is 8. The predicted octanol–water partition coefficient (Wildman–Crippen LogP) is 8.52. The van der Waals surface area contributed by atoms with Gasteiger partial charge in [0.1, 0.15) is 0 Å². The van der Waals surface area contributed by atoms with Crippen molar-refractivity contribution in [2.45, 2.75) is 51.3 Å². The van der Waals surface area contributed by atoms with Crippen molar-refractivity contribution >= 4 is 35.4 Å². The Morgan fingerprint density at radius 3 is 1.87 bits per heavy atom. The van der Waals surface area contributed by atoms with Crippen LogP contribution in [-0.4, -0.2) is 26.6 Å². The van der Waals surface area contributed by atoms with Crippen molar-refractivity contribution in [1.82, 2.24) is 5.32 Å². The Labute approximate surface area is 262 Å². The number of halogens is 4. The first kappa shape index (κ1) is 32.1. The number of nitrogens with one attached hydrogen (secondary N) is 1. The van der Waals surface area contributed by atoms with Gasteiger partial charge in [0, 0.05) is 5.56 Å². The average Bonchev–Trinajstić information content (AvgIpc) is 3.02. The number of fused-ring (bicyclic) bond motifs is 1. The Balaban J connectivity index is 1.39. The van der Waals surface area contributed by atoms with Gasteiger partial charge >= 0.3 is 6.18 Å². The fraction of sp³-hybridized carbons (Fsp3) is 0.216. The zero-order valence-corrected chi connectivity index (χ0v) is 26.5. The maximum atomic E-state index is 16.2. The zero-order chi connectivity index (χ0) is 32.4. The highest BCUT2D eigenvalue weighted by Gasteiger charge is 2.52. The predicted molar refractivity (Wildman–Crippen MR) is 175 cm³/mol. The lowest BCUT2D eigenvalue weighted by Gasteiger charge is -2.44. The molecule has 232 valence electrons. The first-order valence-corrected chi connectivity index (χ1v) is 16.7. The molecule has 8 heteroatoms. The molecule has 1 N–H and O–H groups in total. The monoisotopic (exact) mass is 629 g/mol. The van der Waals surface area contributed by atoms with Gasteiger partial charge in [-0.2, -0.15) is 13.2 Å². The second-order valence-electron chi connectivity index (χ2n) is 12.2. The van der Waals surface area contributed by atoms with Gasteiger partial charge in [0.05, 0.1) is 11.6 Å². The molecule has 5 aromatic rings. The molecule has 2 atom stereocenters. The van der Waals surface area contributed by atoms with E-state index in [0.29, 0.717) is 11.1 Å². The maximum Gasteiger partial charge on any atom is 0.416 e. The first-order valence-electron chi connectivity index (χ1n) is 14.8. The minimum absolute atomic E-state index is 0.330. The summed E-state index contributed by atoms with van der Waals surface area (Å²) in [5, 5.41) is 5.72. The highest BCUT2D eigenvalue weighted by atomic mass is 28.4. The molecule has 0 aliphatic heterocycles. The number of carbonyl (C=O) groups is 1. The van der Waals surface area contributed by atoms with Crippen molar-refractivity contribution in [3.05, 3.63) is 132 Å². The van der Waals surface area contributed by atoms with E-state index < -0.39 is 43.4 Å². The quantitative estimate of drug-likeness (QED) is 0.138. The summed E-state index contributed by atoms with van der Waals surface area (Å²) in [4.78, 5) is 13.4. The van der Waals surface area contributed by atoms with Gasteiger partial charge in [0.15, 0.2) is 0 Å².